The van der Waals surface area contributed by atoms with Crippen molar-refractivity contribution in [2.24, 2.45) is 0 Å². The third-order valence-corrected chi connectivity index (χ3v) is 6.56. The van der Waals surface area contributed by atoms with Crippen LogP contribution < -0.4 is 10.0 Å². The molecule has 2 aromatic rings. The van der Waals surface area contributed by atoms with Gasteiger partial charge in [0.25, 0.3) is 0 Å². The first-order valence-electron chi connectivity index (χ1n) is 8.73. The van der Waals surface area contributed by atoms with Crippen molar-refractivity contribution in [3.63, 3.8) is 0 Å². The summed E-state index contributed by atoms with van der Waals surface area (Å²) in [6.07, 6.45) is 2.50. The number of sulfonamides is 1. The minimum Gasteiger partial charge on any atom is -0.325 e. The number of amides is 1. The van der Waals surface area contributed by atoms with Gasteiger partial charge in [0.05, 0.1) is 10.6 Å². The summed E-state index contributed by atoms with van der Waals surface area (Å²) in [6.45, 7) is 7.35. The van der Waals surface area contributed by atoms with Crippen LogP contribution >= 0.6 is 11.8 Å². The standard InChI is InChI=1S/C20H26N2O3S2/c1-6-18(17-9-7-13(2)11-14(17)3)22-27(24,25)16-8-10-20(26-5)19(12-16)21-15(4)23/h7-12,18,22H,6H2,1-5H3,(H,21,23). The van der Waals surface area contributed by atoms with Crippen molar-refractivity contribution >= 4 is 33.4 Å². The van der Waals surface area contributed by atoms with Gasteiger partial charge in [-0.2, -0.15) is 0 Å². The van der Waals surface area contributed by atoms with Crippen LogP contribution in [0.25, 0.3) is 0 Å². The Labute approximate surface area is 166 Å². The highest BCUT2D eigenvalue weighted by molar-refractivity contribution is 7.98. The van der Waals surface area contributed by atoms with Gasteiger partial charge >= 0.3 is 0 Å². The van der Waals surface area contributed by atoms with Gasteiger partial charge in [0.15, 0.2) is 0 Å². The fourth-order valence-corrected chi connectivity index (χ4v) is 4.84. The van der Waals surface area contributed by atoms with Crippen LogP contribution in [-0.2, 0) is 14.8 Å². The molecule has 0 aliphatic carbocycles. The van der Waals surface area contributed by atoms with E-state index < -0.39 is 10.0 Å². The van der Waals surface area contributed by atoms with Crippen molar-refractivity contribution in [3.8, 4) is 0 Å². The topological polar surface area (TPSA) is 75.3 Å². The molecule has 0 spiro atoms. The van der Waals surface area contributed by atoms with E-state index in [0.29, 0.717) is 12.1 Å². The molecule has 1 atom stereocenters. The van der Waals surface area contributed by atoms with Crippen LogP contribution in [0.4, 0.5) is 5.69 Å². The molecule has 0 aliphatic rings. The van der Waals surface area contributed by atoms with Gasteiger partial charge in [0, 0.05) is 17.9 Å². The molecular weight excluding hydrogens is 380 g/mol. The lowest BCUT2D eigenvalue weighted by atomic mass is 9.98. The van der Waals surface area contributed by atoms with Gasteiger partial charge in [0.2, 0.25) is 15.9 Å². The summed E-state index contributed by atoms with van der Waals surface area (Å²) in [5, 5.41) is 2.70. The maximum Gasteiger partial charge on any atom is 0.241 e. The Balaban J connectivity index is 2.38. The van der Waals surface area contributed by atoms with Gasteiger partial charge in [-0.25, -0.2) is 13.1 Å². The smallest absolute Gasteiger partial charge is 0.241 e. The van der Waals surface area contributed by atoms with E-state index in [1.165, 1.54) is 24.8 Å². The molecule has 1 amide bonds. The molecule has 0 saturated carbocycles. The lowest BCUT2D eigenvalue weighted by Crippen LogP contribution is -2.29. The van der Waals surface area contributed by atoms with Crippen LogP contribution in [0.5, 0.6) is 0 Å². The molecule has 0 bridgehead atoms. The monoisotopic (exact) mass is 406 g/mol. The molecule has 2 N–H and O–H groups in total. The number of aryl methyl sites for hydroxylation is 2. The molecule has 0 heterocycles. The van der Waals surface area contributed by atoms with Gasteiger partial charge in [-0.05, 0) is 55.9 Å². The number of hydrogen-bond donors (Lipinski definition) is 2. The average Bonchev–Trinajstić information content (AvgIpc) is 2.59. The number of nitrogens with one attached hydrogen (secondary N) is 2. The lowest BCUT2D eigenvalue weighted by Gasteiger charge is -2.20. The zero-order chi connectivity index (χ0) is 20.2. The van der Waals surface area contributed by atoms with Crippen LogP contribution in [0.3, 0.4) is 0 Å². The van der Waals surface area contributed by atoms with Gasteiger partial charge < -0.3 is 5.32 Å². The first-order valence-corrected chi connectivity index (χ1v) is 11.4. The third-order valence-electron chi connectivity index (χ3n) is 4.30. The Hall–Kier alpha value is -1.83. The summed E-state index contributed by atoms with van der Waals surface area (Å²) >= 11 is 1.45. The number of carbonyl (C=O) groups is 1. The van der Waals surface area contributed by atoms with E-state index in [9.17, 15) is 13.2 Å². The third kappa shape index (κ3) is 5.34. The van der Waals surface area contributed by atoms with E-state index in [-0.39, 0.29) is 16.8 Å². The van der Waals surface area contributed by atoms with Crippen molar-refractivity contribution in [1.82, 2.24) is 4.72 Å². The second-order valence-corrected chi connectivity index (χ2v) is 9.05. The Bertz CT molecular complexity index is 940. The highest BCUT2D eigenvalue weighted by Crippen LogP contribution is 2.30. The number of hydrogen-bond acceptors (Lipinski definition) is 4. The maximum atomic E-state index is 13.0. The normalized spacial score (nSPS) is 12.6. The van der Waals surface area contributed by atoms with Crippen LogP contribution in [-0.4, -0.2) is 20.6 Å². The summed E-state index contributed by atoms with van der Waals surface area (Å²) in [5.41, 5.74) is 3.66. The predicted octanol–water partition coefficient (Wildman–Crippen LogP) is 4.41. The van der Waals surface area contributed by atoms with Crippen molar-refractivity contribution < 1.29 is 13.2 Å². The summed E-state index contributed by atoms with van der Waals surface area (Å²) in [6, 6.07) is 10.5. The summed E-state index contributed by atoms with van der Waals surface area (Å²) < 4.78 is 28.7. The Morgan fingerprint density at radius 3 is 2.41 bits per heavy atom. The van der Waals surface area contributed by atoms with Crippen molar-refractivity contribution in [3.05, 3.63) is 53.1 Å². The van der Waals surface area contributed by atoms with Crippen molar-refractivity contribution in [1.29, 1.82) is 0 Å². The van der Waals surface area contributed by atoms with Gasteiger partial charge in [-0.1, -0.05) is 30.7 Å². The Morgan fingerprint density at radius 2 is 1.85 bits per heavy atom. The maximum absolute atomic E-state index is 13.0. The molecule has 146 valence electrons. The van der Waals surface area contributed by atoms with Crippen LogP contribution in [0.15, 0.2) is 46.2 Å². The fraction of sp³-hybridized carbons (Fsp3) is 0.350. The summed E-state index contributed by atoms with van der Waals surface area (Å²) in [5.74, 6) is -0.241. The van der Waals surface area contributed by atoms with Crippen LogP contribution in [0.1, 0.15) is 43.0 Å². The minimum atomic E-state index is -3.74. The zero-order valence-corrected chi connectivity index (χ0v) is 17.9. The Kier molecular flexibility index (Phi) is 7.08. The van der Waals surface area contributed by atoms with E-state index in [4.69, 9.17) is 0 Å². The predicted molar refractivity (Wildman–Crippen MR) is 112 cm³/mol. The fourth-order valence-electron chi connectivity index (χ4n) is 2.98. The first kappa shape index (κ1) is 21.5. The van der Waals surface area contributed by atoms with E-state index in [2.05, 4.69) is 16.1 Å². The molecule has 0 aromatic heterocycles. The second kappa shape index (κ2) is 8.91. The van der Waals surface area contributed by atoms with Crippen molar-refractivity contribution in [2.75, 3.05) is 11.6 Å². The van der Waals surface area contributed by atoms with Crippen LogP contribution in [0.2, 0.25) is 0 Å². The van der Waals surface area contributed by atoms with Crippen molar-refractivity contribution in [2.45, 2.75) is 49.9 Å². The van der Waals surface area contributed by atoms with E-state index in [0.717, 1.165) is 21.6 Å². The molecule has 27 heavy (non-hydrogen) atoms. The number of anilines is 1. The molecule has 2 aromatic carbocycles. The highest BCUT2D eigenvalue weighted by atomic mass is 32.2. The molecule has 0 saturated heterocycles. The largest absolute Gasteiger partial charge is 0.325 e. The number of carbonyl (C=O) groups excluding carboxylic acids is 1. The molecule has 5 nitrogen and oxygen atoms in total. The summed E-state index contributed by atoms with van der Waals surface area (Å²) in [7, 11) is -3.74. The average molecular weight is 407 g/mol. The highest BCUT2D eigenvalue weighted by Gasteiger charge is 2.22. The minimum absolute atomic E-state index is 0.132. The van der Waals surface area contributed by atoms with Gasteiger partial charge in [-0.3, -0.25) is 4.79 Å². The first-order chi connectivity index (χ1) is 12.7. The molecule has 0 radical (unpaired) electrons. The van der Waals surface area contributed by atoms with Crippen LogP contribution in [0, 0.1) is 13.8 Å². The number of rotatable bonds is 7. The van der Waals surface area contributed by atoms with E-state index in [1.807, 2.05) is 39.2 Å². The molecule has 0 aliphatic heterocycles. The van der Waals surface area contributed by atoms with Gasteiger partial charge in [-0.15, -0.1) is 11.8 Å². The van der Waals surface area contributed by atoms with E-state index in [1.54, 1.807) is 12.1 Å². The second-order valence-electron chi connectivity index (χ2n) is 6.49. The molecule has 7 heteroatoms. The molecule has 1 unspecified atom stereocenters. The molecule has 2 rings (SSSR count). The van der Waals surface area contributed by atoms with Gasteiger partial charge in [0.1, 0.15) is 0 Å². The number of thioether (sulfide) groups is 1. The quantitative estimate of drug-likeness (QED) is 0.668. The van der Waals surface area contributed by atoms with E-state index >= 15 is 0 Å². The number of benzene rings is 2. The summed E-state index contributed by atoms with van der Waals surface area (Å²) in [4.78, 5) is 12.4. The lowest BCUT2D eigenvalue weighted by molar-refractivity contribution is -0.114. The Morgan fingerprint density at radius 1 is 1.15 bits per heavy atom. The molecule has 0 fully saturated rings. The molecular formula is C20H26N2O3S2. The zero-order valence-electron chi connectivity index (χ0n) is 16.3. The SMILES string of the molecule is CCC(NS(=O)(=O)c1ccc(SC)c(NC(C)=O)c1)c1ccc(C)cc1C.